The molecule has 10 heteroatoms. The second kappa shape index (κ2) is 6.88. The van der Waals surface area contributed by atoms with Crippen LogP contribution in [-0.4, -0.2) is 42.0 Å². The highest BCUT2D eigenvalue weighted by Crippen LogP contribution is 2.34. The molecule has 4 rings (SSSR count). The van der Waals surface area contributed by atoms with E-state index < -0.39 is 33.2 Å². The molecule has 0 bridgehead atoms. The van der Waals surface area contributed by atoms with Gasteiger partial charge in [-0.1, -0.05) is 29.5 Å². The number of nitrogens with zero attached hydrogens (tertiary/aromatic N) is 2. The lowest BCUT2D eigenvalue weighted by molar-refractivity contribution is -0.122. The van der Waals surface area contributed by atoms with Gasteiger partial charge in [-0.15, -0.1) is 0 Å². The zero-order valence-electron chi connectivity index (χ0n) is 14.4. The number of hydrogen-bond acceptors (Lipinski definition) is 7. The number of thiazole rings is 1. The van der Waals surface area contributed by atoms with Gasteiger partial charge in [-0.2, -0.15) is 0 Å². The maximum Gasteiger partial charge on any atom is 0.311 e. The lowest BCUT2D eigenvalue weighted by Gasteiger charge is -2.10. The summed E-state index contributed by atoms with van der Waals surface area (Å²) in [7, 11) is -3.30. The Kier molecular flexibility index (Phi) is 4.52. The van der Waals surface area contributed by atoms with Crippen LogP contribution in [0.2, 0.25) is 0 Å². The number of carbonyl (C=O) groups is 1. The van der Waals surface area contributed by atoms with Gasteiger partial charge in [-0.25, -0.2) is 8.42 Å². The zero-order chi connectivity index (χ0) is 19.9. The number of aromatic hydroxyl groups is 1. The summed E-state index contributed by atoms with van der Waals surface area (Å²) >= 11 is 0.816. The number of allylic oxidation sites excluding steroid dienone is 1. The summed E-state index contributed by atoms with van der Waals surface area (Å²) in [4.78, 5) is 28.5. The van der Waals surface area contributed by atoms with Crippen molar-refractivity contribution in [2.45, 2.75) is 12.6 Å². The lowest BCUT2D eigenvalue weighted by Crippen LogP contribution is -2.38. The molecule has 28 heavy (non-hydrogen) atoms. The van der Waals surface area contributed by atoms with Gasteiger partial charge in [0.15, 0.2) is 9.84 Å². The van der Waals surface area contributed by atoms with Crippen molar-refractivity contribution in [3.05, 3.63) is 55.9 Å². The predicted molar refractivity (Wildman–Crippen MR) is 108 cm³/mol. The number of sulfone groups is 1. The van der Waals surface area contributed by atoms with Gasteiger partial charge in [0.2, 0.25) is 11.8 Å². The quantitative estimate of drug-likeness (QED) is 0.777. The third-order valence-corrected chi connectivity index (χ3v) is 6.63. The fraction of sp³-hybridized carbons (Fsp3) is 0.167. The predicted octanol–water partition coefficient (Wildman–Crippen LogP) is 1.30. The highest BCUT2D eigenvalue weighted by atomic mass is 32.2. The molecule has 2 aliphatic heterocycles. The maximum atomic E-state index is 12.2. The van der Waals surface area contributed by atoms with Crippen LogP contribution in [0.3, 0.4) is 0 Å². The van der Waals surface area contributed by atoms with E-state index in [4.69, 9.17) is 0 Å². The molecule has 1 amide bonds. The molecule has 0 radical (unpaired) electrons. The summed E-state index contributed by atoms with van der Waals surface area (Å²) in [5.74, 6) is -1.08. The Labute approximate surface area is 164 Å². The molecule has 144 valence electrons. The van der Waals surface area contributed by atoms with E-state index in [0.717, 1.165) is 38.1 Å². The van der Waals surface area contributed by atoms with E-state index in [1.165, 1.54) is 6.08 Å². The van der Waals surface area contributed by atoms with Crippen molar-refractivity contribution >= 4 is 50.6 Å². The first-order valence-electron chi connectivity index (χ1n) is 8.30. The van der Waals surface area contributed by atoms with Gasteiger partial charge in [-0.05, 0) is 18.2 Å². The van der Waals surface area contributed by atoms with Crippen LogP contribution >= 0.6 is 11.3 Å². The first-order chi connectivity index (χ1) is 13.3. The molecule has 0 spiro atoms. The summed E-state index contributed by atoms with van der Waals surface area (Å²) in [5, 5.41) is 14.0. The molecule has 1 atom stereocenters. The fourth-order valence-electron chi connectivity index (χ4n) is 3.00. The molecule has 0 saturated heterocycles. The molecule has 2 aromatic rings. The summed E-state index contributed by atoms with van der Waals surface area (Å²) in [6.07, 6.45) is 4.69. The molecule has 0 fully saturated rings. The topological polar surface area (TPSA) is 118 Å². The van der Waals surface area contributed by atoms with Crippen LogP contribution in [0.5, 0.6) is 5.88 Å². The Hall–Kier alpha value is -2.98. The van der Waals surface area contributed by atoms with Crippen LogP contribution in [0.4, 0.5) is 5.69 Å². The van der Waals surface area contributed by atoms with Crippen molar-refractivity contribution in [2.24, 2.45) is 4.99 Å². The Balaban J connectivity index is 1.53. The van der Waals surface area contributed by atoms with Crippen molar-refractivity contribution in [3.63, 3.8) is 0 Å². The van der Waals surface area contributed by atoms with E-state index in [1.807, 2.05) is 24.3 Å². The molecule has 3 heterocycles. The summed E-state index contributed by atoms with van der Waals surface area (Å²) in [5.41, 5.74) is 2.45. The van der Waals surface area contributed by atoms with E-state index in [0.29, 0.717) is 4.88 Å². The van der Waals surface area contributed by atoms with Crippen molar-refractivity contribution < 1.29 is 18.3 Å². The van der Waals surface area contributed by atoms with Gasteiger partial charge < -0.3 is 10.4 Å². The zero-order valence-corrected chi connectivity index (χ0v) is 16.0. The number of carbonyl (C=O) groups excluding carboxylic acids is 1. The highest BCUT2D eigenvalue weighted by Gasteiger charge is 2.24. The lowest BCUT2D eigenvalue weighted by atomic mass is 10.1. The minimum Gasteiger partial charge on any atom is -0.493 e. The standard InChI is InChI=1S/C18H15N3O5S2/c22-16(20-12-5-6-28(25,26)10-12)9-21-17(23)15(27-18(21)24)7-11-8-19-14-4-2-1-3-13(11)14/h1-8,12,23H,9-10H2,(H,20,22). The molecular formula is C18H15N3O5S2. The average Bonchev–Trinajstić information content (AvgIpc) is 3.28. The number of amides is 1. The van der Waals surface area contributed by atoms with E-state index in [9.17, 15) is 23.1 Å². The minimum absolute atomic E-state index is 0.209. The molecule has 8 nitrogen and oxygen atoms in total. The average molecular weight is 417 g/mol. The maximum absolute atomic E-state index is 12.2. The van der Waals surface area contributed by atoms with Gasteiger partial charge in [0, 0.05) is 22.8 Å². The molecule has 0 saturated carbocycles. The van der Waals surface area contributed by atoms with E-state index >= 15 is 0 Å². The van der Waals surface area contributed by atoms with Crippen LogP contribution < -0.4 is 10.2 Å². The van der Waals surface area contributed by atoms with Gasteiger partial charge in [0.1, 0.15) is 6.54 Å². The van der Waals surface area contributed by atoms with E-state index in [1.54, 1.807) is 12.3 Å². The number of aliphatic imine (C=N–C) groups is 1. The number of aromatic nitrogens is 1. The first-order valence-corrected chi connectivity index (χ1v) is 10.8. The van der Waals surface area contributed by atoms with E-state index in [2.05, 4.69) is 10.3 Å². The van der Waals surface area contributed by atoms with Gasteiger partial charge in [-0.3, -0.25) is 19.1 Å². The minimum atomic E-state index is -3.30. The highest BCUT2D eigenvalue weighted by molar-refractivity contribution is 7.94. The van der Waals surface area contributed by atoms with Crippen molar-refractivity contribution in [1.82, 2.24) is 9.88 Å². The van der Waals surface area contributed by atoms with Crippen molar-refractivity contribution in [1.29, 1.82) is 0 Å². The van der Waals surface area contributed by atoms with Gasteiger partial charge in [0.25, 0.3) is 0 Å². The van der Waals surface area contributed by atoms with Crippen molar-refractivity contribution in [3.8, 4) is 5.88 Å². The molecule has 1 unspecified atom stereocenters. The third kappa shape index (κ3) is 3.56. The Bertz CT molecular complexity index is 1220. The normalized spacial score (nSPS) is 20.6. The van der Waals surface area contributed by atoms with E-state index in [-0.39, 0.29) is 11.6 Å². The molecule has 1 aromatic carbocycles. The second-order valence-electron chi connectivity index (χ2n) is 6.35. The number of hydrogen-bond donors (Lipinski definition) is 2. The number of para-hydroxylation sites is 1. The van der Waals surface area contributed by atoms with Crippen molar-refractivity contribution in [2.75, 3.05) is 5.75 Å². The largest absolute Gasteiger partial charge is 0.493 e. The number of benzene rings is 1. The van der Waals surface area contributed by atoms with Gasteiger partial charge in [0.05, 0.1) is 22.4 Å². The molecule has 2 N–H and O–H groups in total. The molecule has 2 aliphatic rings. The van der Waals surface area contributed by atoms with Crippen LogP contribution in [0, 0.1) is 0 Å². The van der Waals surface area contributed by atoms with Crippen LogP contribution in [0.1, 0.15) is 10.4 Å². The third-order valence-electron chi connectivity index (χ3n) is 4.32. The molecule has 1 aromatic heterocycles. The molecular weight excluding hydrogens is 402 g/mol. The Morgan fingerprint density at radius 3 is 2.93 bits per heavy atom. The first kappa shape index (κ1) is 18.4. The number of rotatable bonds is 4. The number of fused-ring (bicyclic) bond motifs is 1. The van der Waals surface area contributed by atoms with Crippen LogP contribution in [0.25, 0.3) is 11.6 Å². The Morgan fingerprint density at radius 2 is 2.18 bits per heavy atom. The second-order valence-corrected chi connectivity index (χ2v) is 9.27. The summed E-state index contributed by atoms with van der Waals surface area (Å²) in [6.45, 7) is -0.403. The fourth-order valence-corrected chi connectivity index (χ4v) is 5.08. The van der Waals surface area contributed by atoms with Crippen LogP contribution in [-0.2, 0) is 21.2 Å². The van der Waals surface area contributed by atoms with Crippen LogP contribution in [0.15, 0.2) is 45.5 Å². The smallest absolute Gasteiger partial charge is 0.311 e. The molecule has 0 aliphatic carbocycles. The SMILES string of the molecule is O=C(Cn1c(O)c(C=C2C=Nc3ccccc32)sc1=O)NC1C=CS(=O)(=O)C1. The summed E-state index contributed by atoms with van der Waals surface area (Å²) in [6, 6.07) is 6.86. The monoisotopic (exact) mass is 417 g/mol. The summed E-state index contributed by atoms with van der Waals surface area (Å²) < 4.78 is 23.7. The Morgan fingerprint density at radius 1 is 1.39 bits per heavy atom. The number of nitrogens with one attached hydrogen (secondary N) is 1. The van der Waals surface area contributed by atoms with Gasteiger partial charge >= 0.3 is 4.87 Å².